The molecule has 1 N–H and O–H groups in total. The Labute approximate surface area is 135 Å². The van der Waals surface area contributed by atoms with Crippen LogP contribution < -0.4 is 10.1 Å². The van der Waals surface area contributed by atoms with Gasteiger partial charge in [-0.25, -0.2) is 0 Å². The van der Waals surface area contributed by atoms with Crippen molar-refractivity contribution >= 4 is 29.1 Å². The highest BCUT2D eigenvalue weighted by Crippen LogP contribution is 2.53. The Morgan fingerprint density at radius 2 is 2.10 bits per heavy atom. The second kappa shape index (κ2) is 6.42. The third kappa shape index (κ3) is 3.82. The number of nitrogens with zero attached hydrogens (tertiary/aromatic N) is 1. The second-order valence-electron chi connectivity index (χ2n) is 5.48. The number of carbonyl (C=O) groups excluding carboxylic acids is 1. The number of benzene rings is 1. The van der Waals surface area contributed by atoms with Gasteiger partial charge >= 0.3 is 0 Å². The highest BCUT2D eigenvalue weighted by molar-refractivity contribution is 6.52. The molecule has 116 valence electrons. The molecule has 1 aromatic carbocycles. The van der Waals surface area contributed by atoms with E-state index in [1.165, 1.54) is 0 Å². The SMILES string of the molecule is COc1ccccc1C(CNC(=O)C1CC1(Cl)Cl)N(C)C. The summed E-state index contributed by atoms with van der Waals surface area (Å²) in [5.74, 6) is 0.406. The summed E-state index contributed by atoms with van der Waals surface area (Å²) in [4.78, 5) is 14.0. The molecule has 1 saturated carbocycles. The molecule has 0 aromatic heterocycles. The van der Waals surface area contributed by atoms with Crippen molar-refractivity contribution in [1.82, 2.24) is 10.2 Å². The number of ether oxygens (including phenoxy) is 1. The van der Waals surface area contributed by atoms with Crippen molar-refractivity contribution in [2.75, 3.05) is 27.7 Å². The molecule has 0 aliphatic heterocycles. The summed E-state index contributed by atoms with van der Waals surface area (Å²) in [6.07, 6.45) is 0.517. The predicted octanol–water partition coefficient (Wildman–Crippen LogP) is 2.61. The van der Waals surface area contributed by atoms with Gasteiger partial charge in [-0.2, -0.15) is 0 Å². The average molecular weight is 331 g/mol. The van der Waals surface area contributed by atoms with Crippen LogP contribution in [0.1, 0.15) is 18.0 Å². The van der Waals surface area contributed by atoms with Crippen molar-refractivity contribution < 1.29 is 9.53 Å². The minimum atomic E-state index is -0.887. The van der Waals surface area contributed by atoms with E-state index in [0.717, 1.165) is 11.3 Å². The maximum atomic E-state index is 12.0. The zero-order valence-corrected chi connectivity index (χ0v) is 13.9. The molecule has 2 unspecified atom stereocenters. The highest BCUT2D eigenvalue weighted by Gasteiger charge is 2.56. The van der Waals surface area contributed by atoms with Gasteiger partial charge in [-0.3, -0.25) is 4.79 Å². The molecule has 1 amide bonds. The van der Waals surface area contributed by atoms with E-state index in [4.69, 9.17) is 27.9 Å². The van der Waals surface area contributed by atoms with Crippen molar-refractivity contribution in [3.8, 4) is 5.75 Å². The number of carbonyl (C=O) groups is 1. The van der Waals surface area contributed by atoms with Gasteiger partial charge in [-0.05, 0) is 26.6 Å². The standard InChI is InChI=1S/C15H20Cl2N2O2/c1-19(2)12(10-6-4-5-7-13(10)21-3)9-18-14(20)11-8-15(11,16)17/h4-7,11-12H,8-9H2,1-3H3,(H,18,20). The first-order valence-corrected chi connectivity index (χ1v) is 7.57. The van der Waals surface area contributed by atoms with E-state index in [9.17, 15) is 4.79 Å². The van der Waals surface area contributed by atoms with Crippen LogP contribution >= 0.6 is 23.2 Å². The molecule has 0 radical (unpaired) electrons. The number of para-hydroxylation sites is 1. The Kier molecular flexibility index (Phi) is 5.02. The maximum absolute atomic E-state index is 12.0. The van der Waals surface area contributed by atoms with Crippen LogP contribution in [0.2, 0.25) is 0 Å². The Bertz CT molecular complexity index is 520. The number of hydrogen-bond donors (Lipinski definition) is 1. The third-order valence-corrected chi connectivity index (χ3v) is 4.57. The van der Waals surface area contributed by atoms with Gasteiger partial charge in [0.15, 0.2) is 0 Å². The van der Waals surface area contributed by atoms with Crippen molar-refractivity contribution in [2.45, 2.75) is 16.8 Å². The summed E-state index contributed by atoms with van der Waals surface area (Å²) in [6.45, 7) is 0.479. The number of amides is 1. The highest BCUT2D eigenvalue weighted by atomic mass is 35.5. The lowest BCUT2D eigenvalue weighted by molar-refractivity contribution is -0.122. The van der Waals surface area contributed by atoms with Crippen molar-refractivity contribution in [3.05, 3.63) is 29.8 Å². The van der Waals surface area contributed by atoms with E-state index in [1.54, 1.807) is 7.11 Å². The van der Waals surface area contributed by atoms with Gasteiger partial charge in [0.25, 0.3) is 0 Å². The molecule has 1 aliphatic rings. The van der Waals surface area contributed by atoms with E-state index in [2.05, 4.69) is 5.32 Å². The Balaban J connectivity index is 2.05. The molecule has 1 fully saturated rings. The van der Waals surface area contributed by atoms with E-state index >= 15 is 0 Å². The summed E-state index contributed by atoms with van der Waals surface area (Å²) < 4.78 is 4.51. The molecule has 1 aliphatic carbocycles. The van der Waals surface area contributed by atoms with Gasteiger partial charge < -0.3 is 15.0 Å². The molecular formula is C15H20Cl2N2O2. The average Bonchev–Trinajstić information content (AvgIpc) is 3.08. The molecule has 0 spiro atoms. The molecule has 0 saturated heterocycles. The van der Waals surface area contributed by atoms with Crippen molar-refractivity contribution in [3.63, 3.8) is 0 Å². The Morgan fingerprint density at radius 1 is 1.48 bits per heavy atom. The van der Waals surface area contributed by atoms with E-state index in [1.807, 2.05) is 43.3 Å². The summed E-state index contributed by atoms with van der Waals surface area (Å²) in [5, 5.41) is 2.93. The second-order valence-corrected chi connectivity index (χ2v) is 7.03. The monoisotopic (exact) mass is 330 g/mol. The molecule has 0 heterocycles. The van der Waals surface area contributed by atoms with Crippen LogP contribution in [0.3, 0.4) is 0 Å². The molecule has 2 atom stereocenters. The normalized spacial score (nSPS) is 21.0. The van der Waals surface area contributed by atoms with Crippen molar-refractivity contribution in [2.24, 2.45) is 5.92 Å². The topological polar surface area (TPSA) is 41.6 Å². The fourth-order valence-electron chi connectivity index (χ4n) is 2.33. The summed E-state index contributed by atoms with van der Waals surface area (Å²) >= 11 is 11.8. The molecule has 1 aromatic rings. The molecule has 0 bridgehead atoms. The van der Waals surface area contributed by atoms with E-state index in [0.29, 0.717) is 13.0 Å². The number of nitrogens with one attached hydrogen (secondary N) is 1. The Morgan fingerprint density at radius 3 is 2.62 bits per heavy atom. The largest absolute Gasteiger partial charge is 0.496 e. The third-order valence-electron chi connectivity index (χ3n) is 3.73. The minimum absolute atomic E-state index is 0.0175. The first-order chi connectivity index (χ1) is 9.86. The number of hydrogen-bond acceptors (Lipinski definition) is 3. The lowest BCUT2D eigenvalue weighted by Crippen LogP contribution is -2.36. The van der Waals surface area contributed by atoms with E-state index in [-0.39, 0.29) is 17.9 Å². The van der Waals surface area contributed by atoms with Gasteiger partial charge in [0.05, 0.1) is 19.1 Å². The van der Waals surface area contributed by atoms with E-state index < -0.39 is 4.33 Å². The first kappa shape index (κ1) is 16.4. The molecular weight excluding hydrogens is 311 g/mol. The van der Waals surface area contributed by atoms with Crippen LogP contribution in [0.4, 0.5) is 0 Å². The zero-order chi connectivity index (χ0) is 15.6. The minimum Gasteiger partial charge on any atom is -0.496 e. The molecule has 4 nitrogen and oxygen atoms in total. The lowest BCUT2D eigenvalue weighted by atomic mass is 10.0. The number of methoxy groups -OCH3 is 1. The quantitative estimate of drug-likeness (QED) is 0.815. The van der Waals surface area contributed by atoms with Gasteiger partial charge in [-0.15, -0.1) is 23.2 Å². The van der Waals surface area contributed by atoms with Gasteiger partial charge in [0.2, 0.25) is 5.91 Å². The summed E-state index contributed by atoms with van der Waals surface area (Å²) in [6, 6.07) is 7.81. The van der Waals surface area contributed by atoms with Crippen LogP contribution in [0.25, 0.3) is 0 Å². The molecule has 2 rings (SSSR count). The summed E-state index contributed by atoms with van der Waals surface area (Å²) in [7, 11) is 5.57. The zero-order valence-electron chi connectivity index (χ0n) is 12.4. The van der Waals surface area contributed by atoms with Crippen LogP contribution in [0, 0.1) is 5.92 Å². The number of rotatable bonds is 6. The van der Waals surface area contributed by atoms with Gasteiger partial charge in [-0.1, -0.05) is 18.2 Å². The number of likely N-dealkylation sites (N-methyl/N-ethyl adjacent to an activating group) is 1. The van der Waals surface area contributed by atoms with Crippen LogP contribution in [-0.2, 0) is 4.79 Å². The van der Waals surface area contributed by atoms with Crippen LogP contribution in [0.5, 0.6) is 5.75 Å². The van der Waals surface area contributed by atoms with Gasteiger partial charge in [0, 0.05) is 12.1 Å². The smallest absolute Gasteiger partial charge is 0.226 e. The Hall–Kier alpha value is -0.970. The van der Waals surface area contributed by atoms with Crippen molar-refractivity contribution in [1.29, 1.82) is 0 Å². The molecule has 6 heteroatoms. The fraction of sp³-hybridized carbons (Fsp3) is 0.533. The predicted molar refractivity (Wildman–Crippen MR) is 85.0 cm³/mol. The lowest BCUT2D eigenvalue weighted by Gasteiger charge is -2.26. The fourth-order valence-corrected chi connectivity index (χ4v) is 2.84. The van der Waals surface area contributed by atoms with Gasteiger partial charge in [0.1, 0.15) is 10.1 Å². The number of alkyl halides is 2. The first-order valence-electron chi connectivity index (χ1n) is 6.81. The van der Waals surface area contributed by atoms with Crippen LogP contribution in [0.15, 0.2) is 24.3 Å². The number of halogens is 2. The summed E-state index contributed by atoms with van der Waals surface area (Å²) in [5.41, 5.74) is 1.03. The molecule has 21 heavy (non-hydrogen) atoms. The van der Waals surface area contributed by atoms with Crippen LogP contribution in [-0.4, -0.2) is 42.9 Å². The maximum Gasteiger partial charge on any atom is 0.226 e.